The maximum absolute atomic E-state index is 12.1. The fraction of sp³-hybridized carbons (Fsp3) is 0.500. The highest BCUT2D eigenvalue weighted by Crippen LogP contribution is 2.21. The Morgan fingerprint density at radius 2 is 2.06 bits per heavy atom. The zero-order valence-corrected chi connectivity index (χ0v) is 12.6. The van der Waals surface area contributed by atoms with Gasteiger partial charge in [0.2, 0.25) is 0 Å². The van der Waals surface area contributed by atoms with Crippen molar-refractivity contribution in [2.75, 3.05) is 25.2 Å². The van der Waals surface area contributed by atoms with E-state index >= 15 is 0 Å². The minimum atomic E-state index is -0.0264. The first-order valence-corrected chi connectivity index (χ1v) is 7.24. The van der Waals surface area contributed by atoms with Crippen LogP contribution in [-0.4, -0.2) is 30.5 Å². The number of nitrogens with one attached hydrogen (secondary N) is 2. The van der Waals surface area contributed by atoms with Crippen molar-refractivity contribution in [2.24, 2.45) is 0 Å². The van der Waals surface area contributed by atoms with E-state index in [4.69, 9.17) is 0 Å². The lowest BCUT2D eigenvalue weighted by atomic mass is 10.1. The summed E-state index contributed by atoms with van der Waals surface area (Å²) in [5.41, 5.74) is 2.70. The Morgan fingerprint density at radius 1 is 1.39 bits per heavy atom. The average Bonchev–Trinajstić information content (AvgIpc) is 2.36. The molecule has 0 aliphatic rings. The molecule has 0 bridgehead atoms. The lowest BCUT2D eigenvalue weighted by Gasteiger charge is -2.22. The summed E-state index contributed by atoms with van der Waals surface area (Å²) in [7, 11) is 1.83. The molecule has 0 spiro atoms. The number of thioether (sulfide) groups is 1. The van der Waals surface area contributed by atoms with Crippen molar-refractivity contribution in [3.63, 3.8) is 0 Å². The van der Waals surface area contributed by atoms with E-state index < -0.39 is 0 Å². The Labute approximate surface area is 114 Å². The fourth-order valence-electron chi connectivity index (χ4n) is 1.52. The molecule has 1 rings (SSSR count). The molecule has 0 saturated carbocycles. The SMILES string of the molecule is CNc1cc(C)ccc1C(=O)NCC(C)(C)SC. The normalized spacial score (nSPS) is 11.2. The zero-order chi connectivity index (χ0) is 13.8. The van der Waals surface area contributed by atoms with Crippen molar-refractivity contribution in [3.8, 4) is 0 Å². The van der Waals surface area contributed by atoms with Gasteiger partial charge in [0.1, 0.15) is 0 Å². The van der Waals surface area contributed by atoms with E-state index in [2.05, 4.69) is 30.7 Å². The number of benzene rings is 1. The number of aryl methyl sites for hydroxylation is 1. The van der Waals surface area contributed by atoms with Gasteiger partial charge in [-0.3, -0.25) is 4.79 Å². The Balaban J connectivity index is 2.79. The van der Waals surface area contributed by atoms with Gasteiger partial charge in [0.05, 0.1) is 5.56 Å². The van der Waals surface area contributed by atoms with E-state index in [1.807, 2.05) is 32.2 Å². The van der Waals surface area contributed by atoms with Gasteiger partial charge < -0.3 is 10.6 Å². The summed E-state index contributed by atoms with van der Waals surface area (Å²) < 4.78 is 0.0557. The Hall–Kier alpha value is -1.16. The molecular weight excluding hydrogens is 244 g/mol. The van der Waals surface area contributed by atoms with Crippen LogP contribution in [0.3, 0.4) is 0 Å². The Morgan fingerprint density at radius 3 is 2.61 bits per heavy atom. The molecule has 0 radical (unpaired) electrons. The topological polar surface area (TPSA) is 41.1 Å². The second-order valence-corrected chi connectivity index (χ2v) is 6.46. The van der Waals surface area contributed by atoms with Crippen LogP contribution in [0.1, 0.15) is 29.8 Å². The fourth-order valence-corrected chi connectivity index (χ4v) is 1.74. The van der Waals surface area contributed by atoms with E-state index in [1.165, 1.54) is 0 Å². The van der Waals surface area contributed by atoms with Crippen LogP contribution in [0.2, 0.25) is 0 Å². The van der Waals surface area contributed by atoms with E-state index in [0.717, 1.165) is 11.3 Å². The number of carbonyl (C=O) groups is 1. The molecular formula is C14H22N2OS. The molecule has 1 aromatic rings. The summed E-state index contributed by atoms with van der Waals surface area (Å²) in [6, 6.07) is 5.80. The van der Waals surface area contributed by atoms with Gasteiger partial charge in [0.25, 0.3) is 5.91 Å². The molecule has 0 aromatic heterocycles. The first kappa shape index (κ1) is 14.9. The molecule has 0 aliphatic heterocycles. The molecule has 2 N–H and O–H groups in total. The highest BCUT2D eigenvalue weighted by molar-refractivity contribution is 7.99. The van der Waals surface area contributed by atoms with Crippen LogP contribution < -0.4 is 10.6 Å². The van der Waals surface area contributed by atoms with Crippen molar-refractivity contribution in [2.45, 2.75) is 25.5 Å². The molecule has 1 amide bonds. The van der Waals surface area contributed by atoms with Crippen LogP contribution in [0.5, 0.6) is 0 Å². The number of amides is 1. The lowest BCUT2D eigenvalue weighted by Crippen LogP contribution is -2.36. The zero-order valence-electron chi connectivity index (χ0n) is 11.8. The summed E-state index contributed by atoms with van der Waals surface area (Å²) in [5, 5.41) is 6.05. The van der Waals surface area contributed by atoms with Crippen molar-refractivity contribution in [1.29, 1.82) is 0 Å². The van der Waals surface area contributed by atoms with Crippen molar-refractivity contribution < 1.29 is 4.79 Å². The third-order valence-electron chi connectivity index (χ3n) is 2.92. The predicted molar refractivity (Wildman–Crippen MR) is 80.7 cm³/mol. The van der Waals surface area contributed by atoms with Crippen LogP contribution in [0.4, 0.5) is 5.69 Å². The first-order valence-electron chi connectivity index (χ1n) is 6.01. The largest absolute Gasteiger partial charge is 0.387 e. The smallest absolute Gasteiger partial charge is 0.253 e. The minimum absolute atomic E-state index is 0.0264. The molecule has 1 aromatic carbocycles. The first-order chi connectivity index (χ1) is 8.39. The Kier molecular flexibility index (Phi) is 5.08. The molecule has 0 unspecified atom stereocenters. The number of rotatable bonds is 5. The van der Waals surface area contributed by atoms with E-state index in [0.29, 0.717) is 12.1 Å². The van der Waals surface area contributed by atoms with E-state index in [9.17, 15) is 4.79 Å². The van der Waals surface area contributed by atoms with Gasteiger partial charge in [-0.05, 0) is 44.7 Å². The summed E-state index contributed by atoms with van der Waals surface area (Å²) in [6.45, 7) is 6.90. The molecule has 0 heterocycles. The highest BCUT2D eigenvalue weighted by atomic mass is 32.2. The van der Waals surface area contributed by atoms with Gasteiger partial charge in [0.15, 0.2) is 0 Å². The van der Waals surface area contributed by atoms with Crippen molar-refractivity contribution in [3.05, 3.63) is 29.3 Å². The Bertz CT molecular complexity index is 430. The standard InChI is InChI=1S/C14H22N2OS/c1-10-6-7-11(12(8-10)15-4)13(17)16-9-14(2,3)18-5/h6-8,15H,9H2,1-5H3,(H,16,17). The minimum Gasteiger partial charge on any atom is -0.387 e. The lowest BCUT2D eigenvalue weighted by molar-refractivity contribution is 0.0951. The number of hydrogen-bond acceptors (Lipinski definition) is 3. The summed E-state index contributed by atoms with van der Waals surface area (Å²) in [4.78, 5) is 12.1. The van der Waals surface area contributed by atoms with Gasteiger partial charge in [0, 0.05) is 24.0 Å². The second kappa shape index (κ2) is 6.14. The molecule has 3 nitrogen and oxygen atoms in total. The summed E-state index contributed by atoms with van der Waals surface area (Å²) >= 11 is 1.75. The van der Waals surface area contributed by atoms with Crippen LogP contribution in [0, 0.1) is 6.92 Å². The van der Waals surface area contributed by atoms with Gasteiger partial charge >= 0.3 is 0 Å². The van der Waals surface area contributed by atoms with Crippen molar-refractivity contribution in [1.82, 2.24) is 5.32 Å². The summed E-state index contributed by atoms with van der Waals surface area (Å²) in [5.74, 6) is -0.0264. The molecule has 0 fully saturated rings. The molecule has 4 heteroatoms. The predicted octanol–water partition coefficient (Wildman–Crippen LogP) is 2.91. The van der Waals surface area contributed by atoms with Crippen LogP contribution in [-0.2, 0) is 0 Å². The van der Waals surface area contributed by atoms with Crippen LogP contribution in [0.25, 0.3) is 0 Å². The average molecular weight is 266 g/mol. The van der Waals surface area contributed by atoms with Gasteiger partial charge in [-0.25, -0.2) is 0 Å². The highest BCUT2D eigenvalue weighted by Gasteiger charge is 2.18. The quantitative estimate of drug-likeness (QED) is 0.861. The third kappa shape index (κ3) is 3.95. The second-order valence-electron chi connectivity index (χ2n) is 4.95. The van der Waals surface area contributed by atoms with Crippen LogP contribution in [0.15, 0.2) is 18.2 Å². The molecule has 0 saturated heterocycles. The van der Waals surface area contributed by atoms with E-state index in [1.54, 1.807) is 11.8 Å². The van der Waals surface area contributed by atoms with Gasteiger partial charge in [-0.15, -0.1) is 0 Å². The summed E-state index contributed by atoms with van der Waals surface area (Å²) in [6.07, 6.45) is 2.05. The van der Waals surface area contributed by atoms with Crippen LogP contribution >= 0.6 is 11.8 Å². The maximum Gasteiger partial charge on any atom is 0.253 e. The van der Waals surface area contributed by atoms with Gasteiger partial charge in [-0.2, -0.15) is 11.8 Å². The molecule has 0 aliphatic carbocycles. The number of hydrogen-bond donors (Lipinski definition) is 2. The monoisotopic (exact) mass is 266 g/mol. The molecule has 18 heavy (non-hydrogen) atoms. The number of anilines is 1. The molecule has 100 valence electrons. The number of carbonyl (C=O) groups excluding carboxylic acids is 1. The van der Waals surface area contributed by atoms with E-state index in [-0.39, 0.29) is 10.7 Å². The molecule has 0 atom stereocenters. The van der Waals surface area contributed by atoms with Crippen molar-refractivity contribution >= 4 is 23.4 Å². The van der Waals surface area contributed by atoms with Gasteiger partial charge in [-0.1, -0.05) is 6.07 Å². The maximum atomic E-state index is 12.1. The third-order valence-corrected chi connectivity index (χ3v) is 4.17.